The predicted molar refractivity (Wildman–Crippen MR) is 79.3 cm³/mol. The molecule has 0 heterocycles. The van der Waals surface area contributed by atoms with Crippen molar-refractivity contribution in [2.45, 2.75) is 13.5 Å². The summed E-state index contributed by atoms with van der Waals surface area (Å²) in [6.45, 7) is 2.57. The summed E-state index contributed by atoms with van der Waals surface area (Å²) in [5.74, 6) is 0. The number of hydrogen-bond donors (Lipinski definition) is 1. The lowest BCUT2D eigenvalue weighted by molar-refractivity contribution is -0.385. The minimum atomic E-state index is -0.387. The van der Waals surface area contributed by atoms with Crippen LogP contribution in [0.4, 0.5) is 11.4 Å². The number of aryl methyl sites for hydroxylation is 1. The topological polar surface area (TPSA) is 55.2 Å². The maximum atomic E-state index is 10.8. The number of non-ortho nitro benzene ring substituents is 1. The van der Waals surface area contributed by atoms with Gasteiger partial charge in [-0.3, -0.25) is 10.1 Å². The van der Waals surface area contributed by atoms with Crippen molar-refractivity contribution < 1.29 is 4.92 Å². The average Bonchev–Trinajstić information content (AvgIpc) is 2.37. The summed E-state index contributed by atoms with van der Waals surface area (Å²) in [5, 5.41) is 14.1. The SMILES string of the molecule is Cc1ccccc1NCc1cc(Br)cc([N+](=O)[O-])c1. The van der Waals surface area contributed by atoms with Crippen LogP contribution in [0.3, 0.4) is 0 Å². The molecule has 0 saturated carbocycles. The van der Waals surface area contributed by atoms with Crippen LogP contribution in [0.1, 0.15) is 11.1 Å². The van der Waals surface area contributed by atoms with Gasteiger partial charge in [-0.2, -0.15) is 0 Å². The monoisotopic (exact) mass is 320 g/mol. The molecule has 19 heavy (non-hydrogen) atoms. The number of anilines is 1. The van der Waals surface area contributed by atoms with E-state index in [-0.39, 0.29) is 10.6 Å². The number of benzene rings is 2. The summed E-state index contributed by atoms with van der Waals surface area (Å²) < 4.78 is 0.711. The van der Waals surface area contributed by atoms with Crippen molar-refractivity contribution in [3.8, 4) is 0 Å². The Morgan fingerprint density at radius 1 is 1.26 bits per heavy atom. The summed E-state index contributed by atoms with van der Waals surface area (Å²) in [7, 11) is 0. The third-order valence-corrected chi connectivity index (χ3v) is 3.24. The van der Waals surface area contributed by atoms with Crippen molar-refractivity contribution in [2.75, 3.05) is 5.32 Å². The molecule has 2 aromatic carbocycles. The number of nitro groups is 1. The second kappa shape index (κ2) is 5.84. The van der Waals surface area contributed by atoms with E-state index < -0.39 is 0 Å². The fourth-order valence-corrected chi connectivity index (χ4v) is 2.34. The standard InChI is InChI=1S/C14H13BrN2O2/c1-10-4-2-3-5-14(10)16-9-11-6-12(15)8-13(7-11)17(18)19/h2-8,16H,9H2,1H3. The fraction of sp³-hybridized carbons (Fsp3) is 0.143. The minimum Gasteiger partial charge on any atom is -0.381 e. The molecule has 0 spiro atoms. The third-order valence-electron chi connectivity index (χ3n) is 2.78. The van der Waals surface area contributed by atoms with Crippen LogP contribution in [-0.4, -0.2) is 4.92 Å². The lowest BCUT2D eigenvalue weighted by Gasteiger charge is -2.09. The van der Waals surface area contributed by atoms with Gasteiger partial charge in [-0.05, 0) is 30.2 Å². The molecule has 0 aliphatic heterocycles. The van der Waals surface area contributed by atoms with Crippen LogP contribution in [0.25, 0.3) is 0 Å². The first kappa shape index (κ1) is 13.5. The Labute approximate surface area is 119 Å². The van der Waals surface area contributed by atoms with E-state index in [1.807, 2.05) is 37.3 Å². The van der Waals surface area contributed by atoms with Crippen LogP contribution in [0, 0.1) is 17.0 Å². The van der Waals surface area contributed by atoms with Gasteiger partial charge in [0.15, 0.2) is 0 Å². The van der Waals surface area contributed by atoms with Crippen LogP contribution >= 0.6 is 15.9 Å². The van der Waals surface area contributed by atoms with Crippen LogP contribution in [-0.2, 0) is 6.54 Å². The molecule has 0 bridgehead atoms. The highest BCUT2D eigenvalue weighted by atomic mass is 79.9. The van der Waals surface area contributed by atoms with Gasteiger partial charge < -0.3 is 5.32 Å². The quantitative estimate of drug-likeness (QED) is 0.675. The largest absolute Gasteiger partial charge is 0.381 e. The van der Waals surface area contributed by atoms with Crippen LogP contribution in [0.15, 0.2) is 46.9 Å². The Hall–Kier alpha value is -1.88. The molecule has 0 aliphatic rings. The zero-order valence-electron chi connectivity index (χ0n) is 10.4. The molecule has 2 aromatic rings. The molecule has 0 saturated heterocycles. The maximum absolute atomic E-state index is 10.8. The Bertz CT molecular complexity index is 614. The summed E-state index contributed by atoms with van der Waals surface area (Å²) >= 11 is 3.29. The van der Waals surface area contributed by atoms with Gasteiger partial charge in [-0.25, -0.2) is 0 Å². The first-order valence-corrected chi connectivity index (χ1v) is 6.59. The van der Waals surface area contributed by atoms with Crippen molar-refractivity contribution in [3.63, 3.8) is 0 Å². The molecular weight excluding hydrogens is 308 g/mol. The lowest BCUT2D eigenvalue weighted by atomic mass is 10.1. The van der Waals surface area contributed by atoms with Gasteiger partial charge in [0, 0.05) is 28.8 Å². The van der Waals surface area contributed by atoms with E-state index in [0.29, 0.717) is 11.0 Å². The van der Waals surface area contributed by atoms with Crippen molar-refractivity contribution in [1.29, 1.82) is 0 Å². The smallest absolute Gasteiger partial charge is 0.270 e. The molecule has 1 N–H and O–H groups in total. The molecule has 0 unspecified atom stereocenters. The number of nitrogens with one attached hydrogen (secondary N) is 1. The van der Waals surface area contributed by atoms with E-state index in [2.05, 4.69) is 21.2 Å². The fourth-order valence-electron chi connectivity index (χ4n) is 1.81. The molecular formula is C14H13BrN2O2. The normalized spacial score (nSPS) is 10.2. The molecule has 98 valence electrons. The van der Waals surface area contributed by atoms with E-state index in [0.717, 1.165) is 16.8 Å². The van der Waals surface area contributed by atoms with E-state index in [1.54, 1.807) is 6.07 Å². The molecule has 5 heteroatoms. The van der Waals surface area contributed by atoms with Gasteiger partial charge in [-0.15, -0.1) is 0 Å². The Morgan fingerprint density at radius 2 is 2.00 bits per heavy atom. The van der Waals surface area contributed by atoms with Gasteiger partial charge in [0.1, 0.15) is 0 Å². The highest BCUT2D eigenvalue weighted by molar-refractivity contribution is 9.10. The Balaban J connectivity index is 2.16. The van der Waals surface area contributed by atoms with Crippen molar-refractivity contribution in [2.24, 2.45) is 0 Å². The third kappa shape index (κ3) is 3.54. The summed E-state index contributed by atoms with van der Waals surface area (Å²) in [6.07, 6.45) is 0. The minimum absolute atomic E-state index is 0.0935. The number of rotatable bonds is 4. The predicted octanol–water partition coefficient (Wildman–Crippen LogP) is 4.28. The van der Waals surface area contributed by atoms with Crippen LogP contribution in [0.2, 0.25) is 0 Å². The van der Waals surface area contributed by atoms with Crippen molar-refractivity contribution in [1.82, 2.24) is 0 Å². The summed E-state index contributed by atoms with van der Waals surface area (Å²) in [6, 6.07) is 12.9. The molecule has 4 nitrogen and oxygen atoms in total. The highest BCUT2D eigenvalue weighted by Crippen LogP contribution is 2.22. The van der Waals surface area contributed by atoms with E-state index in [9.17, 15) is 10.1 Å². The van der Waals surface area contributed by atoms with E-state index in [1.165, 1.54) is 6.07 Å². The Kier molecular flexibility index (Phi) is 4.16. The molecule has 0 amide bonds. The van der Waals surface area contributed by atoms with Gasteiger partial charge in [0.05, 0.1) is 4.92 Å². The van der Waals surface area contributed by atoms with Gasteiger partial charge in [-0.1, -0.05) is 34.1 Å². The first-order valence-electron chi connectivity index (χ1n) is 5.79. The molecule has 0 atom stereocenters. The van der Waals surface area contributed by atoms with Crippen molar-refractivity contribution in [3.05, 3.63) is 68.2 Å². The van der Waals surface area contributed by atoms with E-state index in [4.69, 9.17) is 0 Å². The molecule has 2 rings (SSSR count). The number of nitrogens with zero attached hydrogens (tertiary/aromatic N) is 1. The number of para-hydroxylation sites is 1. The lowest BCUT2D eigenvalue weighted by Crippen LogP contribution is -2.01. The summed E-state index contributed by atoms with van der Waals surface area (Å²) in [4.78, 5) is 10.4. The molecule has 0 radical (unpaired) electrons. The zero-order chi connectivity index (χ0) is 13.8. The van der Waals surface area contributed by atoms with Crippen LogP contribution < -0.4 is 5.32 Å². The van der Waals surface area contributed by atoms with E-state index >= 15 is 0 Å². The second-order valence-corrected chi connectivity index (χ2v) is 5.16. The average molecular weight is 321 g/mol. The first-order chi connectivity index (χ1) is 9.06. The molecule has 0 fully saturated rings. The van der Waals surface area contributed by atoms with Gasteiger partial charge in [0.25, 0.3) is 5.69 Å². The second-order valence-electron chi connectivity index (χ2n) is 4.24. The van der Waals surface area contributed by atoms with Crippen molar-refractivity contribution >= 4 is 27.3 Å². The van der Waals surface area contributed by atoms with Gasteiger partial charge >= 0.3 is 0 Å². The summed E-state index contributed by atoms with van der Waals surface area (Å²) in [5.41, 5.74) is 3.14. The Morgan fingerprint density at radius 3 is 2.68 bits per heavy atom. The number of halogens is 1. The highest BCUT2D eigenvalue weighted by Gasteiger charge is 2.08. The maximum Gasteiger partial charge on any atom is 0.270 e. The zero-order valence-corrected chi connectivity index (χ0v) is 12.0. The molecule has 0 aromatic heterocycles. The molecule has 0 aliphatic carbocycles. The van der Waals surface area contributed by atoms with Gasteiger partial charge in [0.2, 0.25) is 0 Å². The number of hydrogen-bond acceptors (Lipinski definition) is 3. The number of nitro benzene ring substituents is 1. The van der Waals surface area contributed by atoms with Crippen LogP contribution in [0.5, 0.6) is 0 Å².